The third kappa shape index (κ3) is 9.63. The van der Waals surface area contributed by atoms with Crippen LogP contribution < -0.4 is 22.1 Å². The zero-order chi connectivity index (χ0) is 33.1. The second-order valence-corrected chi connectivity index (χ2v) is 20.1. The summed E-state index contributed by atoms with van der Waals surface area (Å²) in [7, 11) is 8.61. The summed E-state index contributed by atoms with van der Waals surface area (Å²) < 4.78 is 0. The van der Waals surface area contributed by atoms with Crippen molar-refractivity contribution in [3.63, 3.8) is 0 Å². The number of fused-ring (bicyclic) bond motifs is 2. The fourth-order valence-electron chi connectivity index (χ4n) is 5.36. The van der Waals surface area contributed by atoms with E-state index in [2.05, 4.69) is 99.5 Å². The van der Waals surface area contributed by atoms with Crippen molar-refractivity contribution in [1.82, 2.24) is 0 Å². The van der Waals surface area contributed by atoms with Crippen LogP contribution in [0.25, 0.3) is 21.5 Å². The molecular weight excluding hydrogens is 750 g/mol. The normalized spacial score (nSPS) is 12.3. The van der Waals surface area contributed by atoms with Gasteiger partial charge in [-0.2, -0.15) is 0 Å². The molecule has 8 heteroatoms. The fourth-order valence-corrected chi connectivity index (χ4v) is 10.1. The van der Waals surface area contributed by atoms with Crippen molar-refractivity contribution in [2.75, 3.05) is 26.7 Å². The summed E-state index contributed by atoms with van der Waals surface area (Å²) in [4.78, 5) is 2.93. The molecule has 2 atom stereocenters. The first-order chi connectivity index (χ1) is 22.3. The molecule has 6 rings (SSSR count). The predicted octanol–water partition coefficient (Wildman–Crippen LogP) is 10.1. The number of halogens is 2. The summed E-state index contributed by atoms with van der Waals surface area (Å²) >= 11 is 1.66. The second kappa shape index (κ2) is 18.6. The standard InChI is InChI=1S/C24H24P2S.C14H16N2.2ClH.Ru/c1-25(2)21-15-13-17-9-5-7-11-19(17)23(21)27-24-20-12-8-6-10-18(20)14-16-22(24)26(3)4;15-13(11-7-3-1-4-8-11)14(16)12-9-5-2-6-10-12;;;/h5-16H,1-4H3;1-10,13-14H,15-16H2;2*1H;/q;;;;+4. The summed E-state index contributed by atoms with van der Waals surface area (Å²) in [5.41, 5.74) is 14.4. The van der Waals surface area contributed by atoms with E-state index in [1.165, 1.54) is 31.3 Å². The topological polar surface area (TPSA) is 52.0 Å². The van der Waals surface area contributed by atoms with Crippen LogP contribution in [0.1, 0.15) is 23.2 Å². The summed E-state index contributed by atoms with van der Waals surface area (Å²) in [6.45, 7) is 9.60. The molecule has 6 aromatic carbocycles. The first-order valence-corrected chi connectivity index (χ1v) is 25.3. The Morgan fingerprint density at radius 3 is 1.17 bits per heavy atom. The summed E-state index contributed by atoms with van der Waals surface area (Å²) in [6, 6.07) is 46.6. The van der Waals surface area contributed by atoms with Gasteiger partial charge in [-0.05, 0) is 44.8 Å². The Hall–Kier alpha value is -1.83. The van der Waals surface area contributed by atoms with Gasteiger partial charge in [-0.25, -0.2) is 0 Å². The van der Waals surface area contributed by atoms with Crippen molar-refractivity contribution in [1.29, 1.82) is 0 Å². The molecule has 2 unspecified atom stereocenters. The van der Waals surface area contributed by atoms with Gasteiger partial charge in [-0.3, -0.25) is 0 Å². The maximum atomic E-state index is 6.15. The van der Waals surface area contributed by atoms with E-state index < -0.39 is 15.8 Å². The molecule has 0 heterocycles. The second-order valence-electron chi connectivity index (χ2n) is 11.4. The number of hydrogen-bond acceptors (Lipinski definition) is 3. The zero-order valence-corrected chi connectivity index (χ0v) is 32.6. The van der Waals surface area contributed by atoms with E-state index in [0.29, 0.717) is 0 Å². The molecule has 0 aliphatic heterocycles. The zero-order valence-electron chi connectivity index (χ0n) is 26.5. The van der Waals surface area contributed by atoms with Crippen LogP contribution in [0, 0.1) is 0 Å². The minimum atomic E-state index is -0.549. The SMILES string of the molecule is C[PH+](C)c1ccc2ccccc2c1Sc1c([PH+](C)C)ccc2ccccc12.NC(c1ccccc1)C(N)c1ccccc1.[Cl][Ru+2][Cl]. The van der Waals surface area contributed by atoms with Gasteiger partial charge in [0.05, 0.1) is 36.5 Å². The summed E-state index contributed by atoms with van der Waals surface area (Å²) in [6.07, 6.45) is 0. The van der Waals surface area contributed by atoms with Crippen molar-refractivity contribution < 1.29 is 15.1 Å². The number of rotatable bonds is 7. The van der Waals surface area contributed by atoms with Crippen LogP contribution in [0.5, 0.6) is 0 Å². The Labute approximate surface area is 296 Å². The molecule has 238 valence electrons. The Kier molecular flexibility index (Phi) is 15.0. The average Bonchev–Trinajstić information content (AvgIpc) is 3.09. The molecule has 0 saturated heterocycles. The van der Waals surface area contributed by atoms with Crippen molar-refractivity contribution >= 4 is 79.1 Å². The van der Waals surface area contributed by atoms with Crippen LogP contribution in [0.3, 0.4) is 0 Å². The quantitative estimate of drug-likeness (QED) is 0.125. The van der Waals surface area contributed by atoms with Crippen molar-refractivity contribution in [3.05, 3.63) is 145 Å². The van der Waals surface area contributed by atoms with Crippen LogP contribution in [-0.4, -0.2) is 26.7 Å². The molecule has 0 saturated carbocycles. The molecule has 4 N–H and O–H groups in total. The Bertz CT molecular complexity index is 1690. The number of hydrogen-bond donors (Lipinski definition) is 2. The molecular formula is C38H42Cl2N2P2RuS+4. The third-order valence-electron chi connectivity index (χ3n) is 7.80. The van der Waals surface area contributed by atoms with Crippen molar-refractivity contribution in [2.45, 2.75) is 21.9 Å². The fraction of sp³-hybridized carbons (Fsp3) is 0.158. The summed E-state index contributed by atoms with van der Waals surface area (Å²) in [5.74, 6) is 0. The molecule has 0 fully saturated rings. The van der Waals surface area contributed by atoms with Gasteiger partial charge in [-0.1, -0.05) is 133 Å². The van der Waals surface area contributed by atoms with E-state index in [4.69, 9.17) is 30.8 Å². The van der Waals surface area contributed by atoms with Crippen LogP contribution in [0.4, 0.5) is 0 Å². The van der Waals surface area contributed by atoms with E-state index in [9.17, 15) is 0 Å². The van der Waals surface area contributed by atoms with E-state index in [-0.39, 0.29) is 27.2 Å². The van der Waals surface area contributed by atoms with Crippen LogP contribution in [0.15, 0.2) is 143 Å². The average molecular weight is 793 g/mol. The third-order valence-corrected chi connectivity index (χ3v) is 12.4. The van der Waals surface area contributed by atoms with Crippen molar-refractivity contribution in [2.24, 2.45) is 11.5 Å². The Morgan fingerprint density at radius 2 is 0.826 bits per heavy atom. The van der Waals surface area contributed by atoms with Gasteiger partial charge >= 0.3 is 34.5 Å². The van der Waals surface area contributed by atoms with Gasteiger partial charge in [0.1, 0.15) is 10.6 Å². The molecule has 0 aromatic heterocycles. The molecule has 6 aromatic rings. The van der Waals surface area contributed by atoms with Gasteiger partial charge in [0.2, 0.25) is 0 Å². The Balaban J connectivity index is 0.000000215. The summed E-state index contributed by atoms with van der Waals surface area (Å²) in [5, 5.41) is 8.56. The predicted molar refractivity (Wildman–Crippen MR) is 210 cm³/mol. The van der Waals surface area contributed by atoms with Gasteiger partial charge in [0.25, 0.3) is 0 Å². The van der Waals surface area contributed by atoms with E-state index >= 15 is 0 Å². The van der Waals surface area contributed by atoms with E-state index in [1.807, 2.05) is 72.4 Å². The molecule has 0 aliphatic rings. The van der Waals surface area contributed by atoms with Gasteiger partial charge < -0.3 is 11.5 Å². The van der Waals surface area contributed by atoms with Crippen molar-refractivity contribution in [3.8, 4) is 0 Å². The van der Waals surface area contributed by atoms with Gasteiger partial charge in [0, 0.05) is 27.9 Å². The molecule has 0 amide bonds. The first-order valence-electron chi connectivity index (χ1n) is 15.1. The number of benzene rings is 6. The monoisotopic (exact) mass is 792 g/mol. The Morgan fingerprint density at radius 1 is 0.500 bits per heavy atom. The molecule has 2 nitrogen and oxygen atoms in total. The van der Waals surface area contributed by atoms with Gasteiger partial charge in [0.15, 0.2) is 0 Å². The number of nitrogens with two attached hydrogens (primary N) is 2. The molecule has 46 heavy (non-hydrogen) atoms. The van der Waals surface area contributed by atoms with Crippen LogP contribution >= 0.6 is 47.0 Å². The molecule has 0 aliphatic carbocycles. The van der Waals surface area contributed by atoms with E-state index in [0.717, 1.165) is 11.1 Å². The van der Waals surface area contributed by atoms with E-state index in [1.54, 1.807) is 10.6 Å². The first kappa shape index (κ1) is 37.0. The van der Waals surface area contributed by atoms with Crippen LogP contribution in [0.2, 0.25) is 0 Å². The molecule has 0 radical (unpaired) electrons. The minimum absolute atomic E-state index is 0.163. The van der Waals surface area contributed by atoms with Crippen LogP contribution in [-0.2, 0) is 15.1 Å². The maximum absolute atomic E-state index is 6.15. The molecule has 0 spiro atoms. The molecule has 0 bridgehead atoms. The van der Waals surface area contributed by atoms with Gasteiger partial charge in [-0.15, -0.1) is 0 Å².